The van der Waals surface area contributed by atoms with Crippen molar-refractivity contribution in [1.82, 2.24) is 5.32 Å². The average molecular weight is 676 g/mol. The minimum absolute atomic E-state index is 0.0349. The van der Waals surface area contributed by atoms with E-state index in [9.17, 15) is 14.4 Å². The van der Waals surface area contributed by atoms with E-state index in [4.69, 9.17) is 37.4 Å². The number of amides is 2. The molecule has 242 valence electrons. The predicted molar refractivity (Wildman–Crippen MR) is 179 cm³/mol. The first-order valence-corrected chi connectivity index (χ1v) is 16.6. The summed E-state index contributed by atoms with van der Waals surface area (Å²) in [6.45, 7) is 13.0. The van der Waals surface area contributed by atoms with E-state index in [0.717, 1.165) is 52.0 Å². The highest BCUT2D eigenvalue weighted by atomic mass is 35.5. The number of hydrogen-bond acceptors (Lipinski definition) is 7. The average Bonchev–Trinajstić information content (AvgIpc) is 3.33. The van der Waals surface area contributed by atoms with Crippen LogP contribution in [0.5, 0.6) is 11.5 Å². The Labute approximate surface area is 278 Å². The molecule has 1 aliphatic rings. The molecule has 1 aliphatic carbocycles. The fourth-order valence-electron chi connectivity index (χ4n) is 5.27. The number of carbonyl (C=O) groups is 3. The van der Waals surface area contributed by atoms with Gasteiger partial charge in [-0.1, -0.05) is 30.1 Å². The Kier molecular flexibility index (Phi) is 11.4. The Hall–Kier alpha value is -3.27. The molecule has 0 bridgehead atoms. The number of halogens is 2. The van der Waals surface area contributed by atoms with Gasteiger partial charge in [0.2, 0.25) is 0 Å². The summed E-state index contributed by atoms with van der Waals surface area (Å²) in [4.78, 5) is 40.3. The van der Waals surface area contributed by atoms with E-state index >= 15 is 0 Å². The Morgan fingerprint density at radius 1 is 0.911 bits per heavy atom. The van der Waals surface area contributed by atoms with Crippen LogP contribution < -0.4 is 20.1 Å². The first kappa shape index (κ1) is 34.6. The van der Waals surface area contributed by atoms with Crippen LogP contribution in [0, 0.1) is 33.6 Å². The summed E-state index contributed by atoms with van der Waals surface area (Å²) in [6, 6.07) is 7.12. The maximum atomic E-state index is 13.5. The van der Waals surface area contributed by atoms with Gasteiger partial charge in [-0.3, -0.25) is 9.59 Å². The van der Waals surface area contributed by atoms with E-state index in [-0.39, 0.29) is 25.0 Å². The number of thiophene rings is 1. The topological polar surface area (TPSA) is 103 Å². The van der Waals surface area contributed by atoms with Gasteiger partial charge in [-0.2, -0.15) is 0 Å². The summed E-state index contributed by atoms with van der Waals surface area (Å²) < 4.78 is 17.0. The molecule has 0 saturated heterocycles. The van der Waals surface area contributed by atoms with Crippen molar-refractivity contribution in [3.8, 4) is 11.5 Å². The first-order valence-electron chi connectivity index (χ1n) is 15.0. The van der Waals surface area contributed by atoms with Gasteiger partial charge in [0.05, 0.1) is 12.1 Å². The zero-order valence-corrected chi connectivity index (χ0v) is 29.0. The van der Waals surface area contributed by atoms with Gasteiger partial charge < -0.3 is 24.8 Å². The quantitative estimate of drug-likeness (QED) is 0.161. The smallest absolute Gasteiger partial charge is 0.347 e. The fourth-order valence-corrected chi connectivity index (χ4v) is 6.90. The highest BCUT2D eigenvalue weighted by Gasteiger charge is 2.29. The van der Waals surface area contributed by atoms with Crippen molar-refractivity contribution in [3.05, 3.63) is 72.6 Å². The van der Waals surface area contributed by atoms with E-state index in [2.05, 4.69) is 17.6 Å². The minimum atomic E-state index is -0.849. The second kappa shape index (κ2) is 14.9. The Balaban J connectivity index is 1.37. The largest absolute Gasteiger partial charge is 0.481 e. The third-order valence-corrected chi connectivity index (χ3v) is 10.1. The summed E-state index contributed by atoms with van der Waals surface area (Å²) in [7, 11) is 0. The van der Waals surface area contributed by atoms with Gasteiger partial charge in [0.15, 0.2) is 12.2 Å². The van der Waals surface area contributed by atoms with Crippen LogP contribution in [0.2, 0.25) is 10.0 Å². The highest BCUT2D eigenvalue weighted by Crippen LogP contribution is 2.40. The molecule has 0 radical (unpaired) electrons. The van der Waals surface area contributed by atoms with Crippen LogP contribution in [-0.2, 0) is 27.2 Å². The highest BCUT2D eigenvalue weighted by molar-refractivity contribution is 7.17. The van der Waals surface area contributed by atoms with Gasteiger partial charge >= 0.3 is 5.97 Å². The van der Waals surface area contributed by atoms with E-state index in [0.29, 0.717) is 38.0 Å². The molecule has 8 nitrogen and oxygen atoms in total. The van der Waals surface area contributed by atoms with Crippen LogP contribution in [0.1, 0.15) is 70.2 Å². The van der Waals surface area contributed by atoms with Gasteiger partial charge in [-0.25, -0.2) is 4.79 Å². The van der Waals surface area contributed by atoms with Crippen molar-refractivity contribution >= 4 is 57.3 Å². The Morgan fingerprint density at radius 3 is 2.00 bits per heavy atom. The van der Waals surface area contributed by atoms with Crippen molar-refractivity contribution in [3.63, 3.8) is 0 Å². The second-order valence-electron chi connectivity index (χ2n) is 11.7. The van der Waals surface area contributed by atoms with Crippen LogP contribution in [0.4, 0.5) is 5.00 Å². The molecule has 2 aromatic carbocycles. The lowest BCUT2D eigenvalue weighted by Crippen LogP contribution is -2.33. The van der Waals surface area contributed by atoms with Crippen molar-refractivity contribution in [1.29, 1.82) is 0 Å². The number of benzene rings is 2. The summed E-state index contributed by atoms with van der Waals surface area (Å²) in [5.74, 6) is 0.304. The van der Waals surface area contributed by atoms with Crippen LogP contribution in [0.15, 0.2) is 24.3 Å². The van der Waals surface area contributed by atoms with Crippen LogP contribution in [-0.4, -0.2) is 43.1 Å². The van der Waals surface area contributed by atoms with Gasteiger partial charge in [-0.05, 0) is 119 Å². The lowest BCUT2D eigenvalue weighted by Gasteiger charge is -2.19. The molecular weight excluding hydrogens is 635 g/mol. The van der Waals surface area contributed by atoms with E-state index in [1.807, 2.05) is 27.7 Å². The molecule has 0 spiro atoms. The van der Waals surface area contributed by atoms with Crippen molar-refractivity contribution in [2.75, 3.05) is 18.5 Å². The number of anilines is 1. The molecule has 1 aromatic heterocycles. The number of hydrogen-bond donors (Lipinski definition) is 2. The molecule has 0 fully saturated rings. The SMILES string of the molecule is Cc1cc(OC(C)C(=O)Nc2sc3c(c2C(=O)NCCOC(=O)C(C)Oc2cc(C)c(Cl)c(C)c2)CCC(C)C3)cc(C)c1Cl. The molecule has 45 heavy (non-hydrogen) atoms. The number of aryl methyl sites for hydroxylation is 4. The molecule has 11 heteroatoms. The first-order chi connectivity index (χ1) is 21.2. The monoisotopic (exact) mass is 674 g/mol. The van der Waals surface area contributed by atoms with E-state index in [1.165, 1.54) is 11.3 Å². The summed E-state index contributed by atoms with van der Waals surface area (Å²) in [5.41, 5.74) is 4.83. The molecule has 2 N–H and O–H groups in total. The summed E-state index contributed by atoms with van der Waals surface area (Å²) in [5, 5.41) is 7.60. The zero-order valence-electron chi connectivity index (χ0n) is 26.7. The summed E-state index contributed by atoms with van der Waals surface area (Å²) in [6.07, 6.45) is 0.873. The summed E-state index contributed by atoms with van der Waals surface area (Å²) >= 11 is 13.9. The number of esters is 1. The number of fused-ring (bicyclic) bond motifs is 1. The molecule has 4 rings (SSSR count). The molecule has 3 unspecified atom stereocenters. The molecule has 3 atom stereocenters. The van der Waals surface area contributed by atoms with Gasteiger partial charge in [-0.15, -0.1) is 11.3 Å². The van der Waals surface area contributed by atoms with Crippen LogP contribution in [0.3, 0.4) is 0 Å². The predicted octanol–water partition coefficient (Wildman–Crippen LogP) is 7.56. The normalized spacial score (nSPS) is 15.4. The molecule has 0 saturated carbocycles. The van der Waals surface area contributed by atoms with E-state index in [1.54, 1.807) is 38.1 Å². The number of ether oxygens (including phenoxy) is 3. The van der Waals surface area contributed by atoms with Crippen molar-refractivity contribution in [2.24, 2.45) is 5.92 Å². The zero-order chi connectivity index (χ0) is 33.0. The fraction of sp³-hybridized carbons (Fsp3) is 0.441. The minimum Gasteiger partial charge on any atom is -0.481 e. The maximum absolute atomic E-state index is 13.5. The van der Waals surface area contributed by atoms with Gasteiger partial charge in [0, 0.05) is 14.9 Å². The van der Waals surface area contributed by atoms with Gasteiger partial charge in [0.25, 0.3) is 11.8 Å². The van der Waals surface area contributed by atoms with E-state index < -0.39 is 18.2 Å². The third kappa shape index (κ3) is 8.51. The van der Waals surface area contributed by atoms with Crippen LogP contribution >= 0.6 is 34.5 Å². The van der Waals surface area contributed by atoms with Crippen LogP contribution in [0.25, 0.3) is 0 Å². The lowest BCUT2D eigenvalue weighted by molar-refractivity contribution is -0.150. The number of rotatable bonds is 11. The molecular formula is C34H40Cl2N2O6S. The number of carbonyl (C=O) groups excluding carboxylic acids is 3. The lowest BCUT2D eigenvalue weighted by atomic mass is 9.88. The van der Waals surface area contributed by atoms with Crippen molar-refractivity contribution in [2.45, 2.75) is 79.9 Å². The second-order valence-corrected chi connectivity index (χ2v) is 13.6. The molecule has 3 aromatic rings. The number of nitrogens with one attached hydrogen (secondary N) is 2. The third-order valence-electron chi connectivity index (χ3n) is 7.75. The van der Waals surface area contributed by atoms with Crippen molar-refractivity contribution < 1.29 is 28.6 Å². The standard InChI is InChI=1S/C34H40Cl2N2O6S/c1-17-8-9-26-27(12-17)45-33(38-31(39)22(6)43-24-13-18(2)29(35)19(3)14-24)28(26)32(40)37-10-11-42-34(41)23(7)44-25-15-20(4)30(36)21(5)16-25/h13-17,22-23H,8-12H2,1-7H3,(H,37,40)(H,38,39). The molecule has 0 aliphatic heterocycles. The van der Waals surface area contributed by atoms with Gasteiger partial charge in [0.1, 0.15) is 23.1 Å². The maximum Gasteiger partial charge on any atom is 0.347 e. The molecule has 2 amide bonds. The molecule has 1 heterocycles. The Bertz CT molecular complexity index is 1560. The Morgan fingerprint density at radius 2 is 1.44 bits per heavy atom.